The zero-order chi connectivity index (χ0) is 40.0. The number of aliphatic hydroxyl groups excluding tert-OH is 2. The fraction of sp³-hybridized carbons (Fsp3) is 0.732. The summed E-state index contributed by atoms with van der Waals surface area (Å²) in [5, 5.41) is 20.6. The number of hydrogen-bond donors (Lipinski definition) is 2. The summed E-state index contributed by atoms with van der Waals surface area (Å²) >= 11 is 6.82. The number of halogens is 1. The van der Waals surface area contributed by atoms with Crippen molar-refractivity contribution in [1.82, 2.24) is 4.90 Å². The van der Waals surface area contributed by atoms with E-state index in [1.165, 1.54) is 7.11 Å². The first-order chi connectivity index (χ1) is 25.2. The number of aliphatic hydroxyl groups is 2. The molecule has 1 aromatic rings. The third-order valence-electron chi connectivity index (χ3n) is 10.9. The molecule has 11 nitrogen and oxygen atoms in total. The first-order valence-electron chi connectivity index (χ1n) is 19.3. The third kappa shape index (κ3) is 12.0. The van der Waals surface area contributed by atoms with E-state index in [1.807, 2.05) is 41.5 Å². The van der Waals surface area contributed by atoms with Crippen LogP contribution in [0.4, 0.5) is 4.79 Å². The largest absolute Gasteiger partial charge is 0.444 e. The van der Waals surface area contributed by atoms with Crippen LogP contribution in [0.25, 0.3) is 0 Å². The number of nitrogens with zero attached hydrogens (tertiary/aromatic N) is 1. The van der Waals surface area contributed by atoms with Gasteiger partial charge in [-0.1, -0.05) is 38.3 Å². The summed E-state index contributed by atoms with van der Waals surface area (Å²) in [5.74, 6) is -0.978. The molecule has 1 aromatic carbocycles. The number of methoxy groups -OCH3 is 1. The van der Waals surface area contributed by atoms with Crippen LogP contribution in [0.15, 0.2) is 59.5 Å². The van der Waals surface area contributed by atoms with E-state index in [0.29, 0.717) is 31.3 Å². The van der Waals surface area contributed by atoms with Gasteiger partial charge in [0.05, 0.1) is 59.9 Å². The van der Waals surface area contributed by atoms with Crippen molar-refractivity contribution in [2.24, 2.45) is 11.8 Å². The van der Waals surface area contributed by atoms with E-state index in [1.54, 1.807) is 35.2 Å². The Hall–Kier alpha value is -2.03. The molecule has 0 aromatic heterocycles. The summed E-state index contributed by atoms with van der Waals surface area (Å²) in [4.78, 5) is 14.8. The van der Waals surface area contributed by atoms with Crippen LogP contribution in [-0.2, 0) is 33.5 Å². The quantitative estimate of drug-likeness (QED) is 0.120. The van der Waals surface area contributed by atoms with Gasteiger partial charge in [-0.15, -0.1) is 11.6 Å². The molecule has 0 aliphatic carbocycles. The average Bonchev–Trinajstić information content (AvgIpc) is 3.71. The third-order valence-corrected chi connectivity index (χ3v) is 13.1. The summed E-state index contributed by atoms with van der Waals surface area (Å²) in [6, 6.07) is 8.29. The molecule has 0 unspecified atom stereocenters. The van der Waals surface area contributed by atoms with Gasteiger partial charge < -0.3 is 33.9 Å². The van der Waals surface area contributed by atoms with Crippen molar-refractivity contribution in [3.05, 3.63) is 54.6 Å². The fourth-order valence-corrected chi connectivity index (χ4v) is 10.1. The molecule has 3 heterocycles. The summed E-state index contributed by atoms with van der Waals surface area (Å²) in [5.41, 5.74) is 0.0517. The molecule has 3 aliphatic heterocycles. The Morgan fingerprint density at radius 3 is 2.44 bits per heavy atom. The number of benzene rings is 1. The van der Waals surface area contributed by atoms with E-state index in [9.17, 15) is 18.3 Å². The van der Waals surface area contributed by atoms with Gasteiger partial charge in [-0.3, -0.25) is 4.90 Å². The highest BCUT2D eigenvalue weighted by atomic mass is 35.5. The monoisotopic (exact) mass is 797 g/mol. The van der Waals surface area contributed by atoms with Gasteiger partial charge in [-0.2, -0.15) is 0 Å². The van der Waals surface area contributed by atoms with Gasteiger partial charge in [0.1, 0.15) is 11.3 Å². The van der Waals surface area contributed by atoms with Crippen molar-refractivity contribution in [2.75, 3.05) is 26.0 Å². The first kappa shape index (κ1) is 44.7. The molecule has 10 atom stereocenters. The van der Waals surface area contributed by atoms with E-state index in [4.69, 9.17) is 40.4 Å². The molecule has 306 valence electrons. The second-order valence-corrected chi connectivity index (χ2v) is 19.4. The van der Waals surface area contributed by atoms with Gasteiger partial charge in [0, 0.05) is 37.9 Å². The Morgan fingerprint density at radius 2 is 1.81 bits per heavy atom. The second-order valence-electron chi connectivity index (χ2n) is 16.8. The predicted octanol–water partition coefficient (Wildman–Crippen LogP) is 6.83. The zero-order valence-corrected chi connectivity index (χ0v) is 34.8. The number of rotatable bonds is 18. The lowest BCUT2D eigenvalue weighted by atomic mass is 9.86. The summed E-state index contributed by atoms with van der Waals surface area (Å²) in [6.45, 7) is 19.9. The van der Waals surface area contributed by atoms with Gasteiger partial charge in [0.25, 0.3) is 0 Å². The molecule has 13 heteroatoms. The summed E-state index contributed by atoms with van der Waals surface area (Å²) in [7, 11) is -2.21. The Balaban J connectivity index is 1.43. The van der Waals surface area contributed by atoms with Gasteiger partial charge >= 0.3 is 6.09 Å². The number of alkyl halides is 1. The van der Waals surface area contributed by atoms with Crippen LogP contribution >= 0.6 is 11.6 Å². The fourth-order valence-electron chi connectivity index (χ4n) is 7.99. The Morgan fingerprint density at radius 1 is 1.13 bits per heavy atom. The molecule has 1 amide bonds. The molecule has 4 rings (SSSR count). The molecule has 3 aliphatic rings. The van der Waals surface area contributed by atoms with E-state index < -0.39 is 63.7 Å². The first-order valence-corrected chi connectivity index (χ1v) is 21.4. The van der Waals surface area contributed by atoms with E-state index in [2.05, 4.69) is 13.2 Å². The maximum absolute atomic E-state index is 13.7. The number of hydrogen-bond acceptors (Lipinski definition) is 10. The number of ether oxygens (including phenoxy) is 5. The molecule has 0 radical (unpaired) electrons. The smallest absolute Gasteiger partial charge is 0.412 e. The summed E-state index contributed by atoms with van der Waals surface area (Å²) in [6.07, 6.45) is 1.07. The van der Waals surface area contributed by atoms with Crippen LogP contribution in [0.2, 0.25) is 0 Å². The number of amides is 1. The van der Waals surface area contributed by atoms with Crippen molar-refractivity contribution < 1.29 is 47.1 Å². The van der Waals surface area contributed by atoms with Crippen LogP contribution in [0.1, 0.15) is 92.9 Å². The lowest BCUT2D eigenvalue weighted by Crippen LogP contribution is -2.46. The van der Waals surface area contributed by atoms with Crippen molar-refractivity contribution >= 4 is 27.5 Å². The van der Waals surface area contributed by atoms with Crippen LogP contribution in [0.5, 0.6) is 0 Å². The van der Waals surface area contributed by atoms with Crippen molar-refractivity contribution in [3.8, 4) is 0 Å². The van der Waals surface area contributed by atoms with Crippen molar-refractivity contribution in [3.63, 3.8) is 0 Å². The molecule has 2 N–H and O–H groups in total. The number of sulfone groups is 1. The van der Waals surface area contributed by atoms with Crippen LogP contribution < -0.4 is 0 Å². The van der Waals surface area contributed by atoms with Gasteiger partial charge in [0.2, 0.25) is 0 Å². The second kappa shape index (κ2) is 18.9. The molecular weight excluding hydrogens is 734 g/mol. The van der Waals surface area contributed by atoms with Gasteiger partial charge in [-0.25, -0.2) is 13.2 Å². The van der Waals surface area contributed by atoms with Crippen molar-refractivity contribution in [2.45, 2.75) is 157 Å². The Kier molecular flexibility index (Phi) is 15.7. The van der Waals surface area contributed by atoms with Crippen molar-refractivity contribution in [1.29, 1.82) is 0 Å². The standard InChI is InChI=1S/C41H64ClNO10S/c1-26(20-29(42)17-18-35-27(2)21-30(50-35)14-13-19-44)28(3)34(45)23-36-33(25-54(47,48)32-15-11-10-12-16-32)38(49-9)37(51-36)22-31-24-43(41(7,8)52-31)39(46)53-40(4,5)6/h10-12,15-16,26,29-31,33-38,44-45H,2-3,13-14,17-25H2,1,4-9H3/t26-,29+,30+,31+,33+,34-,35+,36+,37-,38-/m1/s1. The Bertz CT molecular complexity index is 1510. The minimum absolute atomic E-state index is 0.0505. The average molecular weight is 798 g/mol. The molecule has 0 spiro atoms. The highest BCUT2D eigenvalue weighted by Crippen LogP contribution is 2.40. The molecule has 0 saturated carbocycles. The van der Waals surface area contributed by atoms with E-state index in [0.717, 1.165) is 24.8 Å². The normalized spacial score (nSPS) is 29.0. The minimum atomic E-state index is -3.75. The molecule has 54 heavy (non-hydrogen) atoms. The van der Waals surface area contributed by atoms with Gasteiger partial charge in [0.15, 0.2) is 9.84 Å². The maximum Gasteiger partial charge on any atom is 0.412 e. The molecular formula is C41H64ClNO10S. The lowest BCUT2D eigenvalue weighted by Gasteiger charge is -2.31. The number of carbonyl (C=O) groups excluding carboxylic acids is 1. The van der Waals surface area contributed by atoms with E-state index in [-0.39, 0.29) is 53.7 Å². The minimum Gasteiger partial charge on any atom is -0.444 e. The highest BCUT2D eigenvalue weighted by Gasteiger charge is 2.51. The molecule has 0 bridgehead atoms. The lowest BCUT2D eigenvalue weighted by molar-refractivity contribution is -0.0953. The molecule has 3 fully saturated rings. The SMILES string of the molecule is C=C([C@H](C)C[C@@H](Cl)CC[C@@H]1O[C@@H](CCCO)CC1=C)[C@H](O)C[C@@H]1O[C@H](C[C@H]2CN(C(=O)OC(C)(C)C)C(C)(C)O2)[C@H](OC)[C@H]1CS(=O)(=O)c1ccccc1. The predicted molar refractivity (Wildman–Crippen MR) is 209 cm³/mol. The molecule has 3 saturated heterocycles. The number of carbonyl (C=O) groups is 1. The highest BCUT2D eigenvalue weighted by molar-refractivity contribution is 7.91. The van der Waals surface area contributed by atoms with Crippen LogP contribution in [0, 0.1) is 11.8 Å². The maximum atomic E-state index is 13.7. The topological polar surface area (TPSA) is 141 Å². The van der Waals surface area contributed by atoms with Gasteiger partial charge in [-0.05, 0) is 102 Å². The van der Waals surface area contributed by atoms with Crippen LogP contribution in [-0.4, -0.2) is 115 Å². The Labute approximate surface area is 328 Å². The van der Waals surface area contributed by atoms with Crippen LogP contribution in [0.3, 0.4) is 0 Å². The van der Waals surface area contributed by atoms with E-state index >= 15 is 0 Å². The zero-order valence-electron chi connectivity index (χ0n) is 33.2. The summed E-state index contributed by atoms with van der Waals surface area (Å²) < 4.78 is 58.2.